The fraction of sp³-hybridized carbons (Fsp3) is 0.333. The Morgan fingerprint density at radius 3 is 2.38 bits per heavy atom. The maximum absolute atomic E-state index is 12.8. The van der Waals surface area contributed by atoms with E-state index >= 15 is 0 Å². The van der Waals surface area contributed by atoms with Crippen LogP contribution in [0.5, 0.6) is 5.75 Å². The summed E-state index contributed by atoms with van der Waals surface area (Å²) < 4.78 is 44.2. The molecule has 0 radical (unpaired) electrons. The van der Waals surface area contributed by atoms with Crippen molar-refractivity contribution in [1.82, 2.24) is 5.32 Å². The third-order valence-electron chi connectivity index (χ3n) is 4.74. The maximum atomic E-state index is 12.8. The maximum Gasteiger partial charge on any atom is 0.416 e. The molecule has 2 N–H and O–H groups in total. The summed E-state index contributed by atoms with van der Waals surface area (Å²) in [6.45, 7) is 0. The smallest absolute Gasteiger partial charge is 0.416 e. The first-order valence-corrected chi connectivity index (χ1v) is 9.25. The van der Waals surface area contributed by atoms with Gasteiger partial charge < -0.3 is 15.4 Å². The van der Waals surface area contributed by atoms with Crippen LogP contribution in [0.15, 0.2) is 48.5 Å². The molecule has 0 heterocycles. The third kappa shape index (κ3) is 5.88. The van der Waals surface area contributed by atoms with Crippen molar-refractivity contribution < 1.29 is 22.7 Å². The number of halogens is 3. The Kier molecular flexibility index (Phi) is 6.27. The van der Waals surface area contributed by atoms with Crippen LogP contribution in [0.1, 0.15) is 36.8 Å². The van der Waals surface area contributed by atoms with Gasteiger partial charge >= 0.3 is 12.2 Å². The summed E-state index contributed by atoms with van der Waals surface area (Å²) in [7, 11) is 0. The highest BCUT2D eigenvalue weighted by Gasteiger charge is 2.30. The molecule has 2 aromatic carbocycles. The van der Waals surface area contributed by atoms with Crippen LogP contribution in [-0.4, -0.2) is 18.2 Å². The average Bonchev–Trinajstić information content (AvgIpc) is 2.69. The summed E-state index contributed by atoms with van der Waals surface area (Å²) in [5.74, 6) is 0.697. The molecule has 29 heavy (non-hydrogen) atoms. The van der Waals surface area contributed by atoms with Gasteiger partial charge in [0.25, 0.3) is 0 Å². The summed E-state index contributed by atoms with van der Waals surface area (Å²) in [5.41, 5.74) is -0.150. The number of nitrogens with zero attached hydrogens (tertiary/aromatic N) is 1. The van der Waals surface area contributed by atoms with Gasteiger partial charge in [-0.3, -0.25) is 0 Å². The normalized spacial score (nSPS) is 19.1. The summed E-state index contributed by atoms with van der Waals surface area (Å²) >= 11 is 0. The molecular formula is C21H20F3N3O2. The van der Waals surface area contributed by atoms with Gasteiger partial charge in [-0.1, -0.05) is 6.07 Å². The number of rotatable bonds is 4. The minimum Gasteiger partial charge on any atom is -0.490 e. The van der Waals surface area contributed by atoms with E-state index in [4.69, 9.17) is 10.00 Å². The fourth-order valence-electron chi connectivity index (χ4n) is 3.25. The molecular weight excluding hydrogens is 383 g/mol. The Morgan fingerprint density at radius 2 is 1.76 bits per heavy atom. The van der Waals surface area contributed by atoms with Crippen LogP contribution < -0.4 is 15.4 Å². The van der Waals surface area contributed by atoms with Crippen molar-refractivity contribution in [2.45, 2.75) is 44.0 Å². The molecule has 2 amide bonds. The number of urea groups is 1. The van der Waals surface area contributed by atoms with Gasteiger partial charge in [0, 0.05) is 11.7 Å². The first kappa shape index (κ1) is 20.5. The molecule has 0 atom stereocenters. The zero-order valence-corrected chi connectivity index (χ0v) is 15.5. The lowest BCUT2D eigenvalue weighted by Crippen LogP contribution is -2.41. The van der Waals surface area contributed by atoms with E-state index in [9.17, 15) is 18.0 Å². The molecule has 0 saturated heterocycles. The van der Waals surface area contributed by atoms with E-state index in [0.29, 0.717) is 24.2 Å². The molecule has 1 aliphatic carbocycles. The molecule has 0 unspecified atom stereocenters. The highest BCUT2D eigenvalue weighted by atomic mass is 19.4. The van der Waals surface area contributed by atoms with E-state index in [1.165, 1.54) is 12.1 Å². The van der Waals surface area contributed by atoms with Crippen LogP contribution in [0.3, 0.4) is 0 Å². The van der Waals surface area contributed by atoms with Crippen LogP contribution in [0, 0.1) is 11.3 Å². The summed E-state index contributed by atoms with van der Waals surface area (Å²) in [6, 6.07) is 12.9. The number of amides is 2. The van der Waals surface area contributed by atoms with Crippen LogP contribution in [-0.2, 0) is 6.18 Å². The Hall–Kier alpha value is -3.21. The van der Waals surface area contributed by atoms with Crippen molar-refractivity contribution in [3.8, 4) is 11.8 Å². The van der Waals surface area contributed by atoms with Crippen LogP contribution in [0.2, 0.25) is 0 Å². The molecule has 1 aliphatic rings. The minimum absolute atomic E-state index is 0.0208. The number of hydrogen-bond donors (Lipinski definition) is 2. The molecule has 5 nitrogen and oxygen atoms in total. The second kappa shape index (κ2) is 8.86. The van der Waals surface area contributed by atoms with Crippen LogP contribution >= 0.6 is 0 Å². The fourth-order valence-corrected chi connectivity index (χ4v) is 3.25. The first-order valence-electron chi connectivity index (χ1n) is 9.25. The van der Waals surface area contributed by atoms with Gasteiger partial charge in [0.15, 0.2) is 0 Å². The zero-order valence-electron chi connectivity index (χ0n) is 15.5. The number of nitriles is 1. The number of anilines is 1. The van der Waals surface area contributed by atoms with E-state index < -0.39 is 17.8 Å². The van der Waals surface area contributed by atoms with E-state index in [1.54, 1.807) is 24.3 Å². The lowest BCUT2D eigenvalue weighted by molar-refractivity contribution is -0.137. The summed E-state index contributed by atoms with van der Waals surface area (Å²) in [5, 5.41) is 14.1. The number of nitrogens with one attached hydrogen (secondary N) is 2. The Bertz CT molecular complexity index is 883. The average molecular weight is 403 g/mol. The SMILES string of the molecule is N#Cc1ccc(OC2CCC(NC(=O)Nc3cccc(C(F)(F)F)c3)CC2)cc1. The topological polar surface area (TPSA) is 74.1 Å². The Labute approximate surface area is 166 Å². The van der Waals surface area contributed by atoms with Crippen molar-refractivity contribution >= 4 is 11.7 Å². The largest absolute Gasteiger partial charge is 0.490 e. The van der Waals surface area contributed by atoms with Crippen molar-refractivity contribution in [3.63, 3.8) is 0 Å². The van der Waals surface area contributed by atoms with E-state index in [1.807, 2.05) is 0 Å². The second-order valence-electron chi connectivity index (χ2n) is 6.90. The number of carbonyl (C=O) groups is 1. The van der Waals surface area contributed by atoms with Gasteiger partial charge in [0.1, 0.15) is 5.75 Å². The molecule has 0 bridgehead atoms. The van der Waals surface area contributed by atoms with E-state index in [-0.39, 0.29) is 17.8 Å². The monoisotopic (exact) mass is 403 g/mol. The molecule has 0 aromatic heterocycles. The van der Waals surface area contributed by atoms with E-state index in [0.717, 1.165) is 25.0 Å². The molecule has 0 spiro atoms. The standard InChI is InChI=1S/C21H20F3N3O2/c22-21(23,24)15-2-1-3-17(12-15)27-20(28)26-16-6-10-19(11-7-16)29-18-8-4-14(13-25)5-9-18/h1-5,8-9,12,16,19H,6-7,10-11H2,(H2,26,27,28). The number of hydrogen-bond acceptors (Lipinski definition) is 3. The van der Waals surface area contributed by atoms with Crippen molar-refractivity contribution in [2.75, 3.05) is 5.32 Å². The lowest BCUT2D eigenvalue weighted by Gasteiger charge is -2.29. The molecule has 152 valence electrons. The summed E-state index contributed by atoms with van der Waals surface area (Å²) in [4.78, 5) is 12.1. The number of alkyl halides is 3. The highest BCUT2D eigenvalue weighted by Crippen LogP contribution is 2.30. The molecule has 3 rings (SSSR count). The van der Waals surface area contributed by atoms with Gasteiger partial charge in [0.05, 0.1) is 23.3 Å². The highest BCUT2D eigenvalue weighted by molar-refractivity contribution is 5.89. The Morgan fingerprint density at radius 1 is 1.07 bits per heavy atom. The number of ether oxygens (including phenoxy) is 1. The Balaban J connectivity index is 1.45. The predicted molar refractivity (Wildman–Crippen MR) is 101 cm³/mol. The van der Waals surface area contributed by atoms with Crippen molar-refractivity contribution in [1.29, 1.82) is 5.26 Å². The van der Waals surface area contributed by atoms with E-state index in [2.05, 4.69) is 16.7 Å². The summed E-state index contributed by atoms with van der Waals surface area (Å²) in [6.07, 6.45) is -1.54. The molecule has 8 heteroatoms. The lowest BCUT2D eigenvalue weighted by atomic mass is 9.93. The molecule has 1 saturated carbocycles. The number of carbonyl (C=O) groups excluding carboxylic acids is 1. The second-order valence-corrected chi connectivity index (χ2v) is 6.90. The molecule has 0 aliphatic heterocycles. The van der Waals surface area contributed by atoms with Crippen LogP contribution in [0.4, 0.5) is 23.7 Å². The van der Waals surface area contributed by atoms with Crippen molar-refractivity contribution in [2.24, 2.45) is 0 Å². The van der Waals surface area contributed by atoms with Crippen molar-refractivity contribution in [3.05, 3.63) is 59.7 Å². The van der Waals surface area contributed by atoms with Gasteiger partial charge in [0.2, 0.25) is 0 Å². The molecule has 2 aromatic rings. The first-order chi connectivity index (χ1) is 13.8. The van der Waals surface area contributed by atoms with Crippen LogP contribution in [0.25, 0.3) is 0 Å². The van der Waals surface area contributed by atoms with Gasteiger partial charge in [-0.25, -0.2) is 4.79 Å². The van der Waals surface area contributed by atoms with Gasteiger partial charge in [-0.05, 0) is 68.1 Å². The third-order valence-corrected chi connectivity index (χ3v) is 4.74. The quantitative estimate of drug-likeness (QED) is 0.747. The van der Waals surface area contributed by atoms with Gasteiger partial charge in [-0.2, -0.15) is 18.4 Å². The van der Waals surface area contributed by atoms with Gasteiger partial charge in [-0.15, -0.1) is 0 Å². The minimum atomic E-state index is -4.46. The number of benzene rings is 2. The molecule has 1 fully saturated rings. The zero-order chi connectivity index (χ0) is 20.9. The predicted octanol–water partition coefficient (Wildman–Crippen LogP) is 5.09.